The maximum atomic E-state index is 14.0. The summed E-state index contributed by atoms with van der Waals surface area (Å²) in [5, 5.41) is 8.31. The topological polar surface area (TPSA) is 78.3 Å². The van der Waals surface area contributed by atoms with E-state index in [2.05, 4.69) is 15.4 Å². The van der Waals surface area contributed by atoms with Crippen molar-refractivity contribution < 1.29 is 18.7 Å². The number of carbonyl (C=O) groups excluding carboxylic acids is 1. The molecule has 0 spiro atoms. The summed E-state index contributed by atoms with van der Waals surface area (Å²) in [5.74, 6) is 0.951. The van der Waals surface area contributed by atoms with Crippen LogP contribution in [0.1, 0.15) is 37.4 Å². The zero-order chi connectivity index (χ0) is 23.4. The fraction of sp³-hybridized carbons (Fsp3) is 0.292. The lowest BCUT2D eigenvalue weighted by Crippen LogP contribution is -2.29. The second-order valence-electron chi connectivity index (χ2n) is 7.52. The van der Waals surface area contributed by atoms with Crippen molar-refractivity contribution in [3.8, 4) is 5.75 Å². The zero-order valence-electron chi connectivity index (χ0n) is 18.7. The zero-order valence-corrected chi connectivity index (χ0v) is 19.5. The Balaban J connectivity index is 1.68. The van der Waals surface area contributed by atoms with Gasteiger partial charge < -0.3 is 14.8 Å². The van der Waals surface area contributed by atoms with Crippen molar-refractivity contribution in [3.63, 3.8) is 0 Å². The number of allylic oxidation sites excluding steroid dienone is 1. The third-order valence-corrected chi connectivity index (χ3v) is 6.12. The maximum Gasteiger partial charge on any atom is 0.338 e. The number of benzene rings is 2. The van der Waals surface area contributed by atoms with Gasteiger partial charge >= 0.3 is 5.97 Å². The average Bonchev–Trinajstić information content (AvgIpc) is 3.23. The first-order chi connectivity index (χ1) is 16.0. The van der Waals surface area contributed by atoms with E-state index < -0.39 is 12.0 Å². The molecule has 1 aliphatic rings. The second-order valence-corrected chi connectivity index (χ2v) is 8.46. The van der Waals surface area contributed by atoms with Crippen molar-refractivity contribution >= 4 is 23.7 Å². The van der Waals surface area contributed by atoms with Crippen molar-refractivity contribution in [1.29, 1.82) is 0 Å². The minimum Gasteiger partial charge on any atom is -0.497 e. The molecule has 1 N–H and O–H groups in total. The quantitative estimate of drug-likeness (QED) is 0.370. The highest BCUT2D eigenvalue weighted by Crippen LogP contribution is 2.37. The summed E-state index contributed by atoms with van der Waals surface area (Å²) in [4.78, 5) is 17.6. The minimum absolute atomic E-state index is 0.262. The van der Waals surface area contributed by atoms with Crippen LogP contribution in [-0.4, -0.2) is 34.5 Å². The number of rotatable bonds is 8. The van der Waals surface area contributed by atoms with Crippen LogP contribution in [-0.2, 0) is 15.3 Å². The molecule has 0 aliphatic carbocycles. The van der Waals surface area contributed by atoms with E-state index in [1.165, 1.54) is 17.8 Å². The summed E-state index contributed by atoms with van der Waals surface area (Å²) in [6, 6.07) is 13.6. The molecule has 0 saturated heterocycles. The van der Waals surface area contributed by atoms with E-state index in [4.69, 9.17) is 9.47 Å². The van der Waals surface area contributed by atoms with E-state index in [1.54, 1.807) is 30.0 Å². The summed E-state index contributed by atoms with van der Waals surface area (Å²) >= 11 is 1.33. The number of hydrogen-bond acceptors (Lipinski definition) is 7. The van der Waals surface area contributed by atoms with Gasteiger partial charge in [0.2, 0.25) is 11.1 Å². The number of nitrogens with zero attached hydrogens (tertiary/aromatic N) is 3. The normalized spacial score (nSPS) is 15.1. The number of ether oxygens (including phenoxy) is 2. The van der Waals surface area contributed by atoms with Gasteiger partial charge in [0.1, 0.15) is 17.6 Å². The number of fused-ring (bicyclic) bond motifs is 1. The van der Waals surface area contributed by atoms with Gasteiger partial charge in [0, 0.05) is 11.4 Å². The Hall–Kier alpha value is -3.33. The molecular weight excluding hydrogens is 443 g/mol. The third-order valence-electron chi connectivity index (χ3n) is 5.24. The van der Waals surface area contributed by atoms with Gasteiger partial charge in [-0.3, -0.25) is 0 Å². The summed E-state index contributed by atoms with van der Waals surface area (Å²) in [5.41, 5.74) is 2.55. The predicted octanol–water partition coefficient (Wildman–Crippen LogP) is 4.96. The van der Waals surface area contributed by atoms with Crippen LogP contribution >= 0.6 is 11.8 Å². The Kier molecular flexibility index (Phi) is 6.98. The SMILES string of the molecule is CCCOC(=O)C1=C(C)Nc2nc(SCc3ccccc3F)nn2C1c1ccc(OC)cc1. The van der Waals surface area contributed by atoms with Gasteiger partial charge in [0.25, 0.3) is 0 Å². The highest BCUT2D eigenvalue weighted by atomic mass is 32.2. The molecule has 3 aromatic rings. The van der Waals surface area contributed by atoms with Gasteiger partial charge in [-0.2, -0.15) is 4.98 Å². The molecule has 0 bridgehead atoms. The van der Waals surface area contributed by atoms with E-state index in [-0.39, 0.29) is 5.82 Å². The molecule has 0 fully saturated rings. The fourth-order valence-corrected chi connectivity index (χ4v) is 4.40. The van der Waals surface area contributed by atoms with Gasteiger partial charge in [-0.1, -0.05) is 49.0 Å². The molecular formula is C24H25FN4O3S. The van der Waals surface area contributed by atoms with Crippen LogP contribution in [0, 0.1) is 5.82 Å². The second kappa shape index (κ2) is 10.1. The van der Waals surface area contributed by atoms with E-state index in [0.29, 0.717) is 46.0 Å². The molecule has 0 amide bonds. The molecule has 2 heterocycles. The van der Waals surface area contributed by atoms with Gasteiger partial charge in [-0.05, 0) is 42.7 Å². The van der Waals surface area contributed by atoms with Crippen molar-refractivity contribution in [2.45, 2.75) is 37.2 Å². The van der Waals surface area contributed by atoms with Crippen LogP contribution in [0.2, 0.25) is 0 Å². The van der Waals surface area contributed by atoms with Crippen molar-refractivity contribution in [3.05, 3.63) is 76.7 Å². The molecule has 1 aromatic heterocycles. The molecule has 33 heavy (non-hydrogen) atoms. The van der Waals surface area contributed by atoms with E-state index >= 15 is 0 Å². The third kappa shape index (κ3) is 4.88. The lowest BCUT2D eigenvalue weighted by Gasteiger charge is -2.28. The predicted molar refractivity (Wildman–Crippen MR) is 125 cm³/mol. The minimum atomic E-state index is -0.521. The lowest BCUT2D eigenvalue weighted by atomic mass is 9.96. The number of esters is 1. The van der Waals surface area contributed by atoms with Crippen LogP contribution in [0.15, 0.2) is 65.0 Å². The first-order valence-electron chi connectivity index (χ1n) is 10.6. The number of nitrogens with one attached hydrogen (secondary N) is 1. The molecule has 4 rings (SSSR count). The Morgan fingerprint density at radius 1 is 1.21 bits per heavy atom. The van der Waals surface area contributed by atoms with Crippen LogP contribution in [0.4, 0.5) is 10.3 Å². The number of halogens is 1. The molecule has 7 nitrogen and oxygen atoms in total. The molecule has 1 atom stereocenters. The number of anilines is 1. The van der Waals surface area contributed by atoms with Crippen molar-refractivity contribution in [2.24, 2.45) is 0 Å². The fourth-order valence-electron chi connectivity index (χ4n) is 3.58. The van der Waals surface area contributed by atoms with E-state index in [1.807, 2.05) is 38.1 Å². The Morgan fingerprint density at radius 2 is 1.97 bits per heavy atom. The van der Waals surface area contributed by atoms with Gasteiger partial charge in [0.15, 0.2) is 0 Å². The smallest absolute Gasteiger partial charge is 0.338 e. The molecule has 1 aliphatic heterocycles. The molecule has 1 unspecified atom stereocenters. The van der Waals surface area contributed by atoms with Crippen LogP contribution in [0.25, 0.3) is 0 Å². The van der Waals surface area contributed by atoms with Gasteiger partial charge in [0.05, 0.1) is 19.3 Å². The van der Waals surface area contributed by atoms with E-state index in [0.717, 1.165) is 12.0 Å². The molecule has 0 saturated carbocycles. The maximum absolute atomic E-state index is 14.0. The number of hydrogen-bond donors (Lipinski definition) is 1. The summed E-state index contributed by atoms with van der Waals surface area (Å²) in [6.07, 6.45) is 0.726. The van der Waals surface area contributed by atoms with Crippen molar-refractivity contribution in [2.75, 3.05) is 19.0 Å². The molecule has 2 aromatic carbocycles. The van der Waals surface area contributed by atoms with Crippen LogP contribution < -0.4 is 10.1 Å². The Bertz CT molecular complexity index is 1180. The summed E-state index contributed by atoms with van der Waals surface area (Å²) in [6.45, 7) is 4.10. The Morgan fingerprint density at radius 3 is 2.67 bits per heavy atom. The number of methoxy groups -OCH3 is 1. The number of thioether (sulfide) groups is 1. The lowest BCUT2D eigenvalue weighted by molar-refractivity contribution is -0.139. The molecule has 172 valence electrons. The number of aromatic nitrogens is 3. The molecule has 0 radical (unpaired) electrons. The monoisotopic (exact) mass is 468 g/mol. The van der Waals surface area contributed by atoms with Gasteiger partial charge in [-0.25, -0.2) is 13.9 Å². The highest BCUT2D eigenvalue weighted by Gasteiger charge is 2.35. The van der Waals surface area contributed by atoms with E-state index in [9.17, 15) is 9.18 Å². The first kappa shape index (κ1) is 22.8. The largest absolute Gasteiger partial charge is 0.497 e. The average molecular weight is 469 g/mol. The number of carbonyl (C=O) groups is 1. The summed E-state index contributed by atoms with van der Waals surface area (Å²) < 4.78 is 26.4. The standard InChI is InChI=1S/C24H25FN4O3S/c1-4-13-32-22(30)20-15(2)26-23-27-24(33-14-17-7-5-6-8-19(17)25)28-29(23)21(20)16-9-11-18(31-3)12-10-16/h5-12,21H,4,13-14H2,1-3H3,(H,26,27,28). The first-order valence-corrected chi connectivity index (χ1v) is 11.6. The van der Waals surface area contributed by atoms with Crippen LogP contribution in [0.5, 0.6) is 5.75 Å². The van der Waals surface area contributed by atoms with Crippen molar-refractivity contribution in [1.82, 2.24) is 14.8 Å². The van der Waals surface area contributed by atoms with Gasteiger partial charge in [-0.15, -0.1) is 5.10 Å². The Labute approximate surface area is 196 Å². The summed E-state index contributed by atoms with van der Waals surface area (Å²) in [7, 11) is 1.60. The van der Waals surface area contributed by atoms with Crippen LogP contribution in [0.3, 0.4) is 0 Å². The highest BCUT2D eigenvalue weighted by molar-refractivity contribution is 7.98. The molecule has 9 heteroatoms.